The number of nitrogens with one attached hydrogen (secondary N) is 1. The van der Waals surface area contributed by atoms with E-state index in [1.165, 1.54) is 19.4 Å². The molecule has 6 nitrogen and oxygen atoms in total. The molecule has 1 rings (SSSR count). The first-order valence-corrected chi connectivity index (χ1v) is 6.93. The Morgan fingerprint density at radius 2 is 2.31 bits per heavy atom. The highest BCUT2D eigenvalue weighted by Crippen LogP contribution is 2.17. The van der Waals surface area contributed by atoms with Gasteiger partial charge in [0.25, 0.3) is 0 Å². The Morgan fingerprint density at radius 3 is 2.81 bits per heavy atom. The van der Waals surface area contributed by atoms with Crippen LogP contribution in [0.15, 0.2) is 5.38 Å². The highest BCUT2D eigenvalue weighted by Gasteiger charge is 2.13. The molecule has 0 saturated heterocycles. The number of ether oxygens (including phenoxy) is 1. The summed E-state index contributed by atoms with van der Waals surface area (Å²) >= 11 is 1.08. The third-order valence-corrected chi connectivity index (χ3v) is 3.76. The van der Waals surface area contributed by atoms with Crippen molar-refractivity contribution in [3.05, 3.63) is 11.1 Å². The van der Waals surface area contributed by atoms with Crippen molar-refractivity contribution >= 4 is 32.3 Å². The van der Waals surface area contributed by atoms with Crippen LogP contribution in [0.25, 0.3) is 0 Å². The van der Waals surface area contributed by atoms with Crippen molar-refractivity contribution in [2.75, 3.05) is 24.2 Å². The van der Waals surface area contributed by atoms with Crippen molar-refractivity contribution in [2.45, 2.75) is 6.92 Å². The fourth-order valence-corrected chi connectivity index (χ4v) is 2.83. The van der Waals surface area contributed by atoms with E-state index in [1.807, 2.05) is 0 Å². The van der Waals surface area contributed by atoms with E-state index in [9.17, 15) is 13.2 Å². The van der Waals surface area contributed by atoms with Crippen LogP contribution in [0.3, 0.4) is 0 Å². The molecular formula is C8H12N2O4S2. The van der Waals surface area contributed by atoms with E-state index < -0.39 is 10.0 Å². The molecule has 0 bridgehead atoms. The van der Waals surface area contributed by atoms with E-state index in [4.69, 9.17) is 0 Å². The van der Waals surface area contributed by atoms with E-state index in [-0.39, 0.29) is 29.0 Å². The number of ketones is 1. The van der Waals surface area contributed by atoms with E-state index in [0.29, 0.717) is 0 Å². The van der Waals surface area contributed by atoms with Gasteiger partial charge >= 0.3 is 0 Å². The maximum atomic E-state index is 11.4. The number of hydrogen-bond acceptors (Lipinski definition) is 6. The maximum Gasteiger partial charge on any atom is 0.236 e. The Kier molecular flexibility index (Phi) is 4.39. The number of hydrogen-bond donors (Lipinski definition) is 1. The first-order chi connectivity index (χ1) is 7.44. The summed E-state index contributed by atoms with van der Waals surface area (Å²) in [5.74, 6) is -0.336. The lowest BCUT2D eigenvalue weighted by Crippen LogP contribution is -2.19. The Hall–Kier alpha value is -0.990. The summed E-state index contributed by atoms with van der Waals surface area (Å²) in [7, 11) is -2.02. The van der Waals surface area contributed by atoms with Crippen molar-refractivity contribution in [3.63, 3.8) is 0 Å². The molecular weight excluding hydrogens is 252 g/mol. The molecule has 0 saturated carbocycles. The first-order valence-electron chi connectivity index (χ1n) is 4.40. The number of Topliss-reactive ketones (excluding diaryl/α,β-unsaturated/α-hetero) is 1. The van der Waals surface area contributed by atoms with E-state index in [0.717, 1.165) is 11.3 Å². The van der Waals surface area contributed by atoms with Gasteiger partial charge < -0.3 is 4.74 Å². The van der Waals surface area contributed by atoms with Gasteiger partial charge in [0.2, 0.25) is 10.0 Å². The van der Waals surface area contributed by atoms with Crippen LogP contribution in [0, 0.1) is 0 Å². The molecule has 0 aliphatic rings. The molecule has 0 atom stereocenters. The van der Waals surface area contributed by atoms with Crippen LogP contribution in [0.1, 0.15) is 17.4 Å². The summed E-state index contributed by atoms with van der Waals surface area (Å²) in [5.41, 5.74) is 0.259. The Labute approximate surface area is 97.7 Å². The zero-order valence-electron chi connectivity index (χ0n) is 8.89. The fourth-order valence-electron chi connectivity index (χ4n) is 0.859. The second-order valence-corrected chi connectivity index (χ2v) is 5.71. The normalized spacial score (nSPS) is 11.4. The van der Waals surface area contributed by atoms with Gasteiger partial charge in [-0.1, -0.05) is 0 Å². The number of methoxy groups -OCH3 is 1. The van der Waals surface area contributed by atoms with Gasteiger partial charge in [-0.15, -0.1) is 11.3 Å². The number of thiazole rings is 1. The predicted octanol–water partition coefficient (Wildman–Crippen LogP) is 0.734. The van der Waals surface area contributed by atoms with Gasteiger partial charge in [-0.25, -0.2) is 13.4 Å². The molecule has 0 amide bonds. The van der Waals surface area contributed by atoms with Crippen LogP contribution in [-0.4, -0.2) is 38.7 Å². The lowest BCUT2D eigenvalue weighted by molar-refractivity contribution is 0.101. The molecule has 0 aliphatic heterocycles. The lowest BCUT2D eigenvalue weighted by atomic mass is 10.4. The zero-order valence-corrected chi connectivity index (χ0v) is 10.5. The van der Waals surface area contributed by atoms with Crippen molar-refractivity contribution in [2.24, 2.45) is 0 Å². The average Bonchev–Trinajstić information content (AvgIpc) is 2.62. The van der Waals surface area contributed by atoms with Crippen LogP contribution in [0.5, 0.6) is 0 Å². The van der Waals surface area contributed by atoms with Gasteiger partial charge in [-0.05, 0) is 0 Å². The number of carbonyl (C=O) groups is 1. The second kappa shape index (κ2) is 5.37. The highest BCUT2D eigenvalue weighted by molar-refractivity contribution is 7.92. The summed E-state index contributed by atoms with van der Waals surface area (Å²) in [6, 6.07) is 0. The largest absolute Gasteiger partial charge is 0.384 e. The highest BCUT2D eigenvalue weighted by atomic mass is 32.2. The van der Waals surface area contributed by atoms with Gasteiger partial charge in [0.05, 0.1) is 12.4 Å². The molecule has 1 N–H and O–H groups in total. The SMILES string of the molecule is COCCS(=O)(=O)Nc1nc(C(C)=O)cs1. The van der Waals surface area contributed by atoms with Gasteiger partial charge in [-0.3, -0.25) is 9.52 Å². The molecule has 0 radical (unpaired) electrons. The molecule has 0 aromatic carbocycles. The third kappa shape index (κ3) is 3.87. The van der Waals surface area contributed by atoms with Gasteiger partial charge in [-0.2, -0.15) is 0 Å². The summed E-state index contributed by atoms with van der Waals surface area (Å²) in [4.78, 5) is 14.8. The minimum Gasteiger partial charge on any atom is -0.384 e. The number of nitrogens with zero attached hydrogens (tertiary/aromatic N) is 1. The maximum absolute atomic E-state index is 11.4. The molecule has 90 valence electrons. The average molecular weight is 264 g/mol. The Bertz CT molecular complexity index is 466. The van der Waals surface area contributed by atoms with Crippen molar-refractivity contribution in [1.29, 1.82) is 0 Å². The zero-order chi connectivity index (χ0) is 12.2. The lowest BCUT2D eigenvalue weighted by Gasteiger charge is -2.03. The number of rotatable bonds is 6. The standard InChI is InChI=1S/C8H12N2O4S2/c1-6(11)7-5-15-8(9-7)10-16(12,13)4-3-14-2/h5H,3-4H2,1-2H3,(H,9,10). The number of anilines is 1. The molecule has 0 spiro atoms. The van der Waals surface area contributed by atoms with Crippen LogP contribution < -0.4 is 4.72 Å². The number of aromatic nitrogens is 1. The molecule has 0 aliphatic carbocycles. The molecule has 1 heterocycles. The predicted molar refractivity (Wildman–Crippen MR) is 61.4 cm³/mol. The Morgan fingerprint density at radius 1 is 1.62 bits per heavy atom. The van der Waals surface area contributed by atoms with E-state index in [2.05, 4.69) is 14.4 Å². The van der Waals surface area contributed by atoms with Gasteiger partial charge in [0.1, 0.15) is 5.69 Å². The molecule has 8 heteroatoms. The second-order valence-electron chi connectivity index (χ2n) is 3.01. The summed E-state index contributed by atoms with van der Waals surface area (Å²) in [6.45, 7) is 1.48. The topological polar surface area (TPSA) is 85.4 Å². The third-order valence-electron chi connectivity index (χ3n) is 1.66. The fraction of sp³-hybridized carbons (Fsp3) is 0.500. The van der Waals surface area contributed by atoms with Crippen molar-refractivity contribution in [3.8, 4) is 0 Å². The van der Waals surface area contributed by atoms with Crippen LogP contribution in [0.2, 0.25) is 0 Å². The summed E-state index contributed by atoms with van der Waals surface area (Å²) in [5, 5.41) is 1.71. The quantitative estimate of drug-likeness (QED) is 0.766. The number of sulfonamides is 1. The van der Waals surface area contributed by atoms with Crippen LogP contribution in [-0.2, 0) is 14.8 Å². The van der Waals surface area contributed by atoms with E-state index >= 15 is 0 Å². The van der Waals surface area contributed by atoms with Gasteiger partial charge in [0.15, 0.2) is 10.9 Å². The van der Waals surface area contributed by atoms with Crippen molar-refractivity contribution in [1.82, 2.24) is 4.98 Å². The van der Waals surface area contributed by atoms with Crippen LogP contribution in [0.4, 0.5) is 5.13 Å². The smallest absolute Gasteiger partial charge is 0.236 e. The molecule has 0 fully saturated rings. The van der Waals surface area contributed by atoms with Crippen molar-refractivity contribution < 1.29 is 17.9 Å². The minimum absolute atomic E-state index is 0.111. The first kappa shape index (κ1) is 13.1. The van der Waals surface area contributed by atoms with Crippen LogP contribution >= 0.6 is 11.3 Å². The minimum atomic E-state index is -3.45. The summed E-state index contributed by atoms with van der Waals surface area (Å²) in [6.07, 6.45) is 0. The van der Waals surface area contributed by atoms with Gasteiger partial charge in [0, 0.05) is 19.4 Å². The molecule has 1 aromatic rings. The molecule has 16 heavy (non-hydrogen) atoms. The number of carbonyl (C=O) groups excluding carboxylic acids is 1. The molecule has 1 aromatic heterocycles. The monoisotopic (exact) mass is 264 g/mol. The molecule has 0 unspecified atom stereocenters. The summed E-state index contributed by atoms with van der Waals surface area (Å²) < 4.78 is 29.8. The van der Waals surface area contributed by atoms with E-state index in [1.54, 1.807) is 0 Å². The Balaban J connectivity index is 2.69.